The number of aliphatic hydroxyl groups is 1. The minimum atomic E-state index is -1.22. The predicted molar refractivity (Wildman–Crippen MR) is 70.1 cm³/mol. The zero-order chi connectivity index (χ0) is 12.3. The Morgan fingerprint density at radius 3 is 2.25 bits per heavy atom. The number of aliphatic hydroxyl groups excluding tert-OH is 1. The maximum absolute atomic E-state index is 10.0. The molecule has 0 saturated heterocycles. The van der Waals surface area contributed by atoms with Crippen LogP contribution in [-0.2, 0) is 9.84 Å². The Morgan fingerprint density at radius 1 is 1.19 bits per heavy atom. The van der Waals surface area contributed by atoms with Crippen molar-refractivity contribution in [1.29, 1.82) is 0 Å². The van der Waals surface area contributed by atoms with Gasteiger partial charge in [-0.25, -0.2) is 0 Å². The van der Waals surface area contributed by atoms with Crippen molar-refractivity contribution >= 4 is 9.04 Å². The molecule has 1 atom stereocenters. The number of hydrogen-bond acceptors (Lipinski definition) is 2. The lowest BCUT2D eigenvalue weighted by atomic mass is 9.83. The summed E-state index contributed by atoms with van der Waals surface area (Å²) in [7, 11) is -1.22. The molecule has 0 radical (unpaired) electrons. The van der Waals surface area contributed by atoms with Crippen molar-refractivity contribution in [1.82, 2.24) is 0 Å². The Labute approximate surface area is 100.0 Å². The first-order chi connectivity index (χ1) is 7.32. The van der Waals surface area contributed by atoms with E-state index in [9.17, 15) is 5.11 Å². The molecule has 0 spiro atoms. The molecule has 1 unspecified atom stereocenters. The first-order valence-electron chi connectivity index (χ1n) is 5.75. The van der Waals surface area contributed by atoms with Crippen molar-refractivity contribution in [3.05, 3.63) is 35.4 Å². The number of rotatable bonds is 3. The second-order valence-corrected chi connectivity index (χ2v) is 7.74. The lowest BCUT2D eigenvalue weighted by Gasteiger charge is -2.26. The van der Waals surface area contributed by atoms with Crippen LogP contribution in [0.3, 0.4) is 0 Å². The van der Waals surface area contributed by atoms with E-state index in [1.54, 1.807) is 0 Å². The van der Waals surface area contributed by atoms with Crippen LogP contribution in [0.15, 0.2) is 24.3 Å². The van der Waals surface area contributed by atoms with Crippen LogP contribution in [0.2, 0.25) is 13.1 Å². The van der Waals surface area contributed by atoms with E-state index in [1.165, 1.54) is 0 Å². The fraction of sp³-hybridized carbons (Fsp3) is 0.538. The molecule has 1 aromatic rings. The van der Waals surface area contributed by atoms with Crippen LogP contribution in [0.1, 0.15) is 38.2 Å². The molecule has 0 aliphatic heterocycles. The van der Waals surface area contributed by atoms with Gasteiger partial charge in [0.05, 0.1) is 0 Å². The highest BCUT2D eigenvalue weighted by atomic mass is 28.3. The summed E-state index contributed by atoms with van der Waals surface area (Å²) in [4.78, 5) is 0. The first-order valence-corrected chi connectivity index (χ1v) is 8.53. The molecule has 0 bridgehead atoms. The van der Waals surface area contributed by atoms with Crippen molar-refractivity contribution in [2.24, 2.45) is 0 Å². The quantitative estimate of drug-likeness (QED) is 0.648. The first kappa shape index (κ1) is 13.4. The Morgan fingerprint density at radius 2 is 1.75 bits per heavy atom. The van der Waals surface area contributed by atoms with Gasteiger partial charge in [0.15, 0.2) is 15.3 Å². The Bertz CT molecular complexity index is 342. The standard InChI is InChI=1S/C13H22O2Si/c1-13(2,3)11-9-7-6-8-10(11)12(14)15-16(4)5/h6-9,12,14,16H,1-5H3. The minimum Gasteiger partial charge on any atom is -0.393 e. The van der Waals surface area contributed by atoms with Gasteiger partial charge in [-0.15, -0.1) is 0 Å². The molecule has 0 saturated carbocycles. The van der Waals surface area contributed by atoms with Gasteiger partial charge in [0.1, 0.15) is 0 Å². The van der Waals surface area contributed by atoms with Crippen LogP contribution >= 0.6 is 0 Å². The second kappa shape index (κ2) is 5.12. The third kappa shape index (κ3) is 3.44. The minimum absolute atomic E-state index is 0.0273. The summed E-state index contributed by atoms with van der Waals surface area (Å²) >= 11 is 0. The van der Waals surface area contributed by atoms with E-state index in [0.29, 0.717) is 0 Å². The van der Waals surface area contributed by atoms with Gasteiger partial charge >= 0.3 is 0 Å². The van der Waals surface area contributed by atoms with Crippen LogP contribution in [0.5, 0.6) is 0 Å². The van der Waals surface area contributed by atoms with Crippen LogP contribution in [0.4, 0.5) is 0 Å². The lowest BCUT2D eigenvalue weighted by Crippen LogP contribution is -2.20. The number of benzene rings is 1. The summed E-state index contributed by atoms with van der Waals surface area (Å²) in [5, 5.41) is 10.0. The van der Waals surface area contributed by atoms with Gasteiger partial charge < -0.3 is 9.53 Å². The highest BCUT2D eigenvalue weighted by molar-refractivity contribution is 6.48. The summed E-state index contributed by atoms with van der Waals surface area (Å²) in [5.74, 6) is 0. The molecule has 1 aromatic carbocycles. The van der Waals surface area contributed by atoms with Crippen LogP contribution in [0, 0.1) is 0 Å². The van der Waals surface area contributed by atoms with Gasteiger partial charge in [-0.1, -0.05) is 45.0 Å². The van der Waals surface area contributed by atoms with Gasteiger partial charge in [0, 0.05) is 5.56 Å². The molecule has 3 heteroatoms. The predicted octanol–water partition coefficient (Wildman–Crippen LogP) is 2.98. The largest absolute Gasteiger partial charge is 0.393 e. The van der Waals surface area contributed by atoms with E-state index in [1.807, 2.05) is 18.2 Å². The zero-order valence-corrected chi connectivity index (χ0v) is 12.0. The topological polar surface area (TPSA) is 29.5 Å². The van der Waals surface area contributed by atoms with E-state index in [0.717, 1.165) is 11.1 Å². The summed E-state index contributed by atoms with van der Waals surface area (Å²) in [6, 6.07) is 7.95. The summed E-state index contributed by atoms with van der Waals surface area (Å²) < 4.78 is 5.57. The average molecular weight is 238 g/mol. The normalized spacial score (nSPS) is 14.2. The van der Waals surface area contributed by atoms with E-state index < -0.39 is 15.3 Å². The van der Waals surface area contributed by atoms with E-state index in [2.05, 4.69) is 39.9 Å². The van der Waals surface area contributed by atoms with Crippen LogP contribution in [-0.4, -0.2) is 14.1 Å². The van der Waals surface area contributed by atoms with Crippen molar-refractivity contribution in [2.45, 2.75) is 45.6 Å². The monoisotopic (exact) mass is 238 g/mol. The molecular weight excluding hydrogens is 216 g/mol. The van der Waals surface area contributed by atoms with Gasteiger partial charge in [-0.3, -0.25) is 0 Å². The van der Waals surface area contributed by atoms with Crippen LogP contribution in [0.25, 0.3) is 0 Å². The highest BCUT2D eigenvalue weighted by Gasteiger charge is 2.22. The molecule has 16 heavy (non-hydrogen) atoms. The van der Waals surface area contributed by atoms with Gasteiger partial charge in [-0.2, -0.15) is 0 Å². The average Bonchev–Trinajstić information content (AvgIpc) is 2.15. The third-order valence-corrected chi connectivity index (χ3v) is 3.24. The molecule has 0 amide bonds. The molecule has 2 nitrogen and oxygen atoms in total. The van der Waals surface area contributed by atoms with Crippen molar-refractivity contribution in [3.63, 3.8) is 0 Å². The van der Waals surface area contributed by atoms with Gasteiger partial charge in [-0.05, 0) is 24.1 Å². The molecule has 0 aliphatic rings. The molecule has 90 valence electrons. The Hall–Kier alpha value is -0.643. The Balaban J connectivity index is 3.04. The number of hydrogen-bond donors (Lipinski definition) is 1. The molecular formula is C13H22O2Si. The molecule has 0 aliphatic carbocycles. The van der Waals surface area contributed by atoms with E-state index in [4.69, 9.17) is 4.43 Å². The maximum Gasteiger partial charge on any atom is 0.174 e. The Kier molecular flexibility index (Phi) is 4.30. The van der Waals surface area contributed by atoms with Gasteiger partial charge in [0.2, 0.25) is 0 Å². The van der Waals surface area contributed by atoms with E-state index in [-0.39, 0.29) is 5.41 Å². The molecule has 0 heterocycles. The summed E-state index contributed by atoms with van der Waals surface area (Å²) in [6.45, 7) is 10.5. The van der Waals surface area contributed by atoms with Crippen LogP contribution < -0.4 is 0 Å². The molecule has 0 aromatic heterocycles. The third-order valence-electron chi connectivity index (χ3n) is 2.44. The zero-order valence-electron chi connectivity index (χ0n) is 10.8. The maximum atomic E-state index is 10.0. The lowest BCUT2D eigenvalue weighted by molar-refractivity contribution is -0.0224. The summed E-state index contributed by atoms with van der Waals surface area (Å²) in [6.07, 6.45) is -0.776. The van der Waals surface area contributed by atoms with E-state index >= 15 is 0 Å². The van der Waals surface area contributed by atoms with Gasteiger partial charge in [0.25, 0.3) is 0 Å². The molecule has 1 N–H and O–H groups in total. The summed E-state index contributed by atoms with van der Waals surface area (Å²) in [5.41, 5.74) is 2.08. The molecule has 1 rings (SSSR count). The SMILES string of the molecule is C[SiH](C)OC(O)c1ccccc1C(C)(C)C. The van der Waals surface area contributed by atoms with Crippen molar-refractivity contribution in [3.8, 4) is 0 Å². The molecule has 0 fully saturated rings. The van der Waals surface area contributed by atoms with Crippen molar-refractivity contribution in [2.75, 3.05) is 0 Å². The highest BCUT2D eigenvalue weighted by Crippen LogP contribution is 2.30. The fourth-order valence-corrected chi connectivity index (χ4v) is 2.39. The fourth-order valence-electron chi connectivity index (χ4n) is 1.73. The smallest absolute Gasteiger partial charge is 0.174 e. The second-order valence-electron chi connectivity index (χ2n) is 5.37. The van der Waals surface area contributed by atoms with Crippen molar-refractivity contribution < 1.29 is 9.53 Å².